The molecule has 0 bridgehead atoms. The average Bonchev–Trinajstić information content (AvgIpc) is 2.69. The van der Waals surface area contributed by atoms with Crippen molar-refractivity contribution >= 4 is 40.5 Å². The van der Waals surface area contributed by atoms with Gasteiger partial charge in [-0.05, 0) is 44.7 Å². The Bertz CT molecular complexity index is 602. The van der Waals surface area contributed by atoms with Crippen molar-refractivity contribution in [2.75, 3.05) is 6.26 Å². The van der Waals surface area contributed by atoms with Crippen molar-refractivity contribution in [2.24, 2.45) is 4.99 Å². The van der Waals surface area contributed by atoms with Gasteiger partial charge in [0.2, 0.25) is 0 Å². The van der Waals surface area contributed by atoms with Crippen molar-refractivity contribution in [1.82, 2.24) is 4.90 Å². The van der Waals surface area contributed by atoms with E-state index in [4.69, 9.17) is 11.6 Å². The molecule has 0 fully saturated rings. The third-order valence-electron chi connectivity index (χ3n) is 2.88. The summed E-state index contributed by atoms with van der Waals surface area (Å²) in [7, 11) is 0. The van der Waals surface area contributed by atoms with Crippen molar-refractivity contribution in [3.63, 3.8) is 0 Å². The van der Waals surface area contributed by atoms with Crippen LogP contribution in [0.5, 0.6) is 0 Å². The maximum absolute atomic E-state index is 12.5. The van der Waals surface area contributed by atoms with Gasteiger partial charge in [-0.1, -0.05) is 41.6 Å². The Morgan fingerprint density at radius 1 is 1.30 bits per heavy atom. The van der Waals surface area contributed by atoms with E-state index in [2.05, 4.69) is 4.99 Å². The van der Waals surface area contributed by atoms with Crippen molar-refractivity contribution in [2.45, 2.75) is 26.3 Å². The third-order valence-corrected chi connectivity index (χ3v) is 3.86. The molecule has 1 heterocycles. The molecular formula is C15H17ClN2OS. The topological polar surface area (TPSA) is 32.7 Å². The van der Waals surface area contributed by atoms with Gasteiger partial charge >= 0.3 is 0 Å². The molecule has 0 N–H and O–H groups in total. The smallest absolute Gasteiger partial charge is 0.279 e. The van der Waals surface area contributed by atoms with Gasteiger partial charge in [0.25, 0.3) is 5.91 Å². The quantitative estimate of drug-likeness (QED) is 0.733. The van der Waals surface area contributed by atoms with E-state index >= 15 is 0 Å². The first kappa shape index (κ1) is 15.1. The molecule has 1 aliphatic heterocycles. The van der Waals surface area contributed by atoms with E-state index in [0.717, 1.165) is 10.7 Å². The molecule has 0 aliphatic carbocycles. The van der Waals surface area contributed by atoms with E-state index in [1.807, 2.05) is 45.2 Å². The maximum atomic E-state index is 12.5. The minimum atomic E-state index is -0.297. The van der Waals surface area contributed by atoms with Crippen LogP contribution in [0, 0.1) is 0 Å². The minimum Gasteiger partial charge on any atom is -0.280 e. The second kappa shape index (κ2) is 5.62. The number of amides is 1. The standard InChI is InChI=1S/C15H17ClN2OS/c1-15(2,3)18-13(19)12(17-14(18)20-4)9-10-7-5-6-8-11(10)16/h5-9H,1-4H3/b12-9-. The number of amidine groups is 1. The minimum absolute atomic E-state index is 0.0817. The molecule has 1 aliphatic rings. The summed E-state index contributed by atoms with van der Waals surface area (Å²) in [5, 5.41) is 1.34. The molecule has 1 amide bonds. The summed E-state index contributed by atoms with van der Waals surface area (Å²) in [4.78, 5) is 18.7. The van der Waals surface area contributed by atoms with Crippen LogP contribution in [0.4, 0.5) is 0 Å². The van der Waals surface area contributed by atoms with Gasteiger partial charge in [-0.2, -0.15) is 0 Å². The van der Waals surface area contributed by atoms with Crippen molar-refractivity contribution in [3.05, 3.63) is 40.5 Å². The summed E-state index contributed by atoms with van der Waals surface area (Å²) in [5.74, 6) is -0.0817. The summed E-state index contributed by atoms with van der Waals surface area (Å²) in [6.07, 6.45) is 3.66. The fourth-order valence-corrected chi connectivity index (χ4v) is 2.88. The zero-order valence-corrected chi connectivity index (χ0v) is 13.5. The van der Waals surface area contributed by atoms with Crippen molar-refractivity contribution in [1.29, 1.82) is 0 Å². The highest BCUT2D eigenvalue weighted by molar-refractivity contribution is 8.13. The molecule has 0 spiro atoms. The fourth-order valence-electron chi connectivity index (χ4n) is 1.96. The summed E-state index contributed by atoms with van der Waals surface area (Å²) < 4.78 is 0. The fraction of sp³-hybridized carbons (Fsp3) is 0.333. The first-order valence-corrected chi connectivity index (χ1v) is 7.88. The molecule has 1 aromatic rings. The Balaban J connectivity index is 2.43. The summed E-state index contributed by atoms with van der Waals surface area (Å²) in [6.45, 7) is 5.99. The van der Waals surface area contributed by atoms with Crippen LogP contribution in [0.1, 0.15) is 26.3 Å². The Morgan fingerprint density at radius 3 is 2.45 bits per heavy atom. The highest BCUT2D eigenvalue weighted by atomic mass is 35.5. The molecule has 0 aromatic heterocycles. The Hall–Kier alpha value is -1.26. The van der Waals surface area contributed by atoms with E-state index in [1.54, 1.807) is 17.0 Å². The second-order valence-electron chi connectivity index (χ2n) is 5.46. The average molecular weight is 309 g/mol. The molecule has 3 nitrogen and oxygen atoms in total. The maximum Gasteiger partial charge on any atom is 0.279 e. The number of hydrogen-bond donors (Lipinski definition) is 0. The SMILES string of the molecule is CSC1=N/C(=C\c2ccccc2Cl)C(=O)N1C(C)(C)C. The van der Waals surface area contributed by atoms with Crippen LogP contribution in [0.25, 0.3) is 6.08 Å². The molecule has 106 valence electrons. The van der Waals surface area contributed by atoms with Gasteiger partial charge in [0.05, 0.1) is 0 Å². The zero-order valence-electron chi connectivity index (χ0n) is 12.0. The lowest BCUT2D eigenvalue weighted by Gasteiger charge is -2.31. The van der Waals surface area contributed by atoms with E-state index in [0.29, 0.717) is 10.7 Å². The molecule has 5 heteroatoms. The number of nitrogens with zero attached hydrogens (tertiary/aromatic N) is 2. The van der Waals surface area contributed by atoms with Crippen LogP contribution in [-0.2, 0) is 4.79 Å². The van der Waals surface area contributed by atoms with Crippen LogP contribution < -0.4 is 0 Å². The van der Waals surface area contributed by atoms with E-state index in [1.165, 1.54) is 11.8 Å². The molecule has 20 heavy (non-hydrogen) atoms. The van der Waals surface area contributed by atoms with Crippen molar-refractivity contribution < 1.29 is 4.79 Å². The molecule has 0 saturated heterocycles. The number of thioether (sulfide) groups is 1. The van der Waals surface area contributed by atoms with E-state index < -0.39 is 0 Å². The first-order chi connectivity index (χ1) is 9.34. The van der Waals surface area contributed by atoms with Crippen LogP contribution >= 0.6 is 23.4 Å². The third kappa shape index (κ3) is 2.91. The molecular weight excluding hydrogens is 292 g/mol. The lowest BCUT2D eigenvalue weighted by molar-refractivity contribution is -0.125. The number of halogens is 1. The van der Waals surface area contributed by atoms with Gasteiger partial charge < -0.3 is 0 Å². The van der Waals surface area contributed by atoms with Gasteiger partial charge in [-0.3, -0.25) is 9.69 Å². The Morgan fingerprint density at radius 2 is 1.95 bits per heavy atom. The molecule has 0 atom stereocenters. The number of hydrogen-bond acceptors (Lipinski definition) is 3. The van der Waals surface area contributed by atoms with Gasteiger partial charge in [0, 0.05) is 10.6 Å². The monoisotopic (exact) mass is 308 g/mol. The number of carbonyl (C=O) groups is 1. The lowest BCUT2D eigenvalue weighted by Crippen LogP contribution is -2.45. The lowest BCUT2D eigenvalue weighted by atomic mass is 10.1. The van der Waals surface area contributed by atoms with Crippen LogP contribution in [0.15, 0.2) is 35.0 Å². The number of benzene rings is 1. The zero-order chi connectivity index (χ0) is 14.9. The predicted molar refractivity (Wildman–Crippen MR) is 87.0 cm³/mol. The highest BCUT2D eigenvalue weighted by Gasteiger charge is 2.37. The Kier molecular flexibility index (Phi) is 4.25. The number of rotatable bonds is 1. The molecule has 0 radical (unpaired) electrons. The molecule has 0 unspecified atom stereocenters. The van der Waals surface area contributed by atoms with Crippen LogP contribution in [0.2, 0.25) is 5.02 Å². The van der Waals surface area contributed by atoms with E-state index in [9.17, 15) is 4.79 Å². The Labute approximate surface area is 128 Å². The summed E-state index contributed by atoms with van der Waals surface area (Å²) >= 11 is 7.59. The van der Waals surface area contributed by atoms with Gasteiger partial charge in [-0.25, -0.2) is 4.99 Å². The number of aliphatic imine (C=N–C) groups is 1. The first-order valence-electron chi connectivity index (χ1n) is 6.28. The van der Waals surface area contributed by atoms with Gasteiger partial charge in [0.15, 0.2) is 5.17 Å². The summed E-state index contributed by atoms with van der Waals surface area (Å²) in [6, 6.07) is 7.42. The van der Waals surface area contributed by atoms with Crippen LogP contribution in [0.3, 0.4) is 0 Å². The highest BCUT2D eigenvalue weighted by Crippen LogP contribution is 2.30. The summed E-state index contributed by atoms with van der Waals surface area (Å²) in [5.41, 5.74) is 0.935. The van der Waals surface area contributed by atoms with Gasteiger partial charge in [0.1, 0.15) is 5.70 Å². The largest absolute Gasteiger partial charge is 0.280 e. The normalized spacial score (nSPS) is 17.9. The van der Waals surface area contributed by atoms with Crippen LogP contribution in [-0.4, -0.2) is 27.8 Å². The van der Waals surface area contributed by atoms with Gasteiger partial charge in [-0.15, -0.1) is 0 Å². The molecule has 1 aromatic carbocycles. The van der Waals surface area contributed by atoms with E-state index in [-0.39, 0.29) is 11.4 Å². The molecule has 2 rings (SSSR count). The van der Waals surface area contributed by atoms with Crippen molar-refractivity contribution in [3.8, 4) is 0 Å². The second-order valence-corrected chi connectivity index (χ2v) is 6.64. The predicted octanol–water partition coefficient (Wildman–Crippen LogP) is 4.04. The molecule has 0 saturated carbocycles. The number of carbonyl (C=O) groups excluding carboxylic acids is 1.